The zero-order valence-corrected chi connectivity index (χ0v) is 16.3. The lowest BCUT2D eigenvalue weighted by Crippen LogP contribution is -2.78. The summed E-state index contributed by atoms with van der Waals surface area (Å²) in [5.74, 6) is -0.0379. The number of aromatic nitrogens is 4. The number of carbonyl (C=O) groups excluding carboxylic acids is 2. The first-order chi connectivity index (χ1) is 11.9. The van der Waals surface area contributed by atoms with Crippen LogP contribution < -0.4 is 5.73 Å². The minimum absolute atomic E-state index is 0.133. The van der Waals surface area contributed by atoms with Crippen LogP contribution in [0.2, 0.25) is 0 Å². The molecule has 3 atom stereocenters. The summed E-state index contributed by atoms with van der Waals surface area (Å²) in [6.07, 6.45) is 0.133. The summed E-state index contributed by atoms with van der Waals surface area (Å²) in [5, 5.41) is 11.4. The molecule has 2 aliphatic rings. The number of hydrogen-bond donors (Lipinski definition) is 1. The highest BCUT2D eigenvalue weighted by Gasteiger charge is 2.63. The summed E-state index contributed by atoms with van der Waals surface area (Å²) in [6, 6.07) is 0. The van der Waals surface area contributed by atoms with Crippen molar-refractivity contribution < 1.29 is 19.1 Å². The average Bonchev–Trinajstić information content (AvgIpc) is 3.03. The van der Waals surface area contributed by atoms with Gasteiger partial charge in [-0.2, -0.15) is 0 Å². The van der Waals surface area contributed by atoms with Gasteiger partial charge in [0.2, 0.25) is 10.9 Å². The lowest BCUT2D eigenvalue weighted by Gasteiger charge is -2.54. The Morgan fingerprint density at radius 3 is 2.96 bits per heavy atom. The third-order valence-electron chi connectivity index (χ3n) is 3.85. The van der Waals surface area contributed by atoms with Crippen molar-refractivity contribution in [2.45, 2.75) is 16.3 Å². The van der Waals surface area contributed by atoms with Gasteiger partial charge in [-0.25, -0.2) is 9.48 Å². The number of nitrogens with two attached hydrogens (primary N) is 1. The molecule has 1 aromatic heterocycles. The van der Waals surface area contributed by atoms with Gasteiger partial charge in [0.15, 0.2) is 0 Å². The number of methoxy groups -OCH3 is 1. The first kappa shape index (κ1) is 18.6. The lowest BCUT2D eigenvalue weighted by atomic mass is 10.00. The minimum atomic E-state index is -1.41. The number of ether oxygens (including phenoxy) is 2. The molecule has 0 spiro atoms. The first-order valence-electron chi connectivity index (χ1n) is 7.17. The van der Waals surface area contributed by atoms with Gasteiger partial charge >= 0.3 is 5.97 Å². The monoisotopic (exact) mass is 404 g/mol. The molecule has 1 aromatic rings. The third-order valence-corrected chi connectivity index (χ3v) is 6.50. The highest BCUT2D eigenvalue weighted by atomic mass is 32.2. The molecule has 1 fully saturated rings. The van der Waals surface area contributed by atoms with Gasteiger partial charge in [-0.1, -0.05) is 21.0 Å². The van der Waals surface area contributed by atoms with E-state index in [-0.39, 0.29) is 12.0 Å². The zero-order valence-electron chi connectivity index (χ0n) is 13.5. The Morgan fingerprint density at radius 1 is 1.60 bits per heavy atom. The van der Waals surface area contributed by atoms with Crippen LogP contribution in [0.5, 0.6) is 0 Å². The third kappa shape index (κ3) is 3.06. The molecular formula is C12H17N6O4PS2. The molecule has 1 saturated heterocycles. The molecule has 2 unspecified atom stereocenters. The number of tetrazole rings is 1. The van der Waals surface area contributed by atoms with Gasteiger partial charge < -0.3 is 9.47 Å². The molecule has 25 heavy (non-hydrogen) atoms. The second kappa shape index (κ2) is 7.20. The zero-order chi connectivity index (χ0) is 18.2. The number of rotatable bonds is 6. The van der Waals surface area contributed by atoms with E-state index in [0.717, 1.165) is 5.57 Å². The number of nitrogens with zero attached hydrogens (tertiary/aromatic N) is 5. The normalized spacial score (nSPS) is 25.7. The molecule has 0 bridgehead atoms. The molecular weight excluding hydrogens is 387 g/mol. The summed E-state index contributed by atoms with van der Waals surface area (Å²) in [5.41, 5.74) is 5.59. The Hall–Kier alpha value is -1.20. The lowest BCUT2D eigenvalue weighted by molar-refractivity contribution is -0.183. The van der Waals surface area contributed by atoms with E-state index >= 15 is 0 Å². The van der Waals surface area contributed by atoms with Crippen molar-refractivity contribution >= 4 is 44.6 Å². The molecule has 1 amide bonds. The van der Waals surface area contributed by atoms with Crippen LogP contribution in [0.4, 0.5) is 0 Å². The van der Waals surface area contributed by atoms with Crippen LogP contribution in [0.25, 0.3) is 0 Å². The second-order valence-electron chi connectivity index (χ2n) is 5.26. The highest BCUT2D eigenvalue weighted by Crippen LogP contribution is 2.46. The van der Waals surface area contributed by atoms with Gasteiger partial charge in [-0.3, -0.25) is 15.4 Å². The van der Waals surface area contributed by atoms with Gasteiger partial charge in [0.05, 0.1) is 0 Å². The maximum absolute atomic E-state index is 12.5. The predicted molar refractivity (Wildman–Crippen MR) is 94.2 cm³/mol. The van der Waals surface area contributed by atoms with E-state index in [1.165, 1.54) is 40.2 Å². The number of carbonyl (C=O) groups is 2. The molecule has 10 nitrogen and oxygen atoms in total. The fraction of sp³-hybridized carbons (Fsp3) is 0.583. The van der Waals surface area contributed by atoms with E-state index in [1.807, 2.05) is 0 Å². The number of thioether (sulfide) groups is 2. The fourth-order valence-corrected chi connectivity index (χ4v) is 5.07. The van der Waals surface area contributed by atoms with Crippen LogP contribution in [0, 0.1) is 0 Å². The summed E-state index contributed by atoms with van der Waals surface area (Å²) in [4.78, 5) is 26.3. The Kier molecular flexibility index (Phi) is 5.35. The molecule has 2 N–H and O–H groups in total. The van der Waals surface area contributed by atoms with Gasteiger partial charge in [0.25, 0.3) is 5.91 Å². The maximum atomic E-state index is 12.5. The number of β-lactam (4-membered cyclic amide) rings is 1. The summed E-state index contributed by atoms with van der Waals surface area (Å²) in [7, 11) is 5.42. The number of hydrogen-bond acceptors (Lipinski definition) is 10. The minimum Gasteiger partial charge on any atom is -0.457 e. The Labute approximate surface area is 154 Å². The van der Waals surface area contributed by atoms with Gasteiger partial charge in [-0.15, -0.1) is 16.9 Å². The van der Waals surface area contributed by atoms with Crippen LogP contribution in [0.15, 0.2) is 16.4 Å². The second-order valence-corrected chi connectivity index (χ2v) is 7.60. The van der Waals surface area contributed by atoms with Crippen molar-refractivity contribution in [1.82, 2.24) is 25.1 Å². The van der Waals surface area contributed by atoms with Crippen molar-refractivity contribution in [1.29, 1.82) is 0 Å². The van der Waals surface area contributed by atoms with Crippen LogP contribution in [-0.2, 0) is 26.1 Å². The Balaban J connectivity index is 1.88. The molecule has 0 saturated carbocycles. The summed E-state index contributed by atoms with van der Waals surface area (Å²) < 4.78 is 11.8. The van der Waals surface area contributed by atoms with E-state index in [4.69, 9.17) is 15.2 Å². The molecule has 0 radical (unpaired) electrons. The first-order valence-corrected chi connectivity index (χ1v) is 10.0. The average molecular weight is 404 g/mol. The van der Waals surface area contributed by atoms with Gasteiger partial charge in [-0.05, 0) is 16.0 Å². The summed E-state index contributed by atoms with van der Waals surface area (Å²) >= 11 is 2.83. The van der Waals surface area contributed by atoms with E-state index < -0.39 is 23.0 Å². The smallest absolute Gasteiger partial charge is 0.355 e. The highest BCUT2D eigenvalue weighted by molar-refractivity contribution is 8.01. The van der Waals surface area contributed by atoms with Crippen molar-refractivity contribution in [3.8, 4) is 0 Å². The van der Waals surface area contributed by atoms with Gasteiger partial charge in [0.1, 0.15) is 17.4 Å². The number of esters is 1. The number of fused-ring (bicyclic) bond motifs is 1. The fourth-order valence-electron chi connectivity index (χ4n) is 2.54. The van der Waals surface area contributed by atoms with Crippen LogP contribution in [0.3, 0.4) is 0 Å². The standard InChI is InChI=1S/C12H17N6O4PS2/c1-17-11(14-15-16-17)25-4-6-3-24-10-12(13,21-2)9(20)18(10)7(6)8(19)22-5-23/h10H,3-5,13,23H2,1-2H3/t10?,12-/m0/s1. The van der Waals surface area contributed by atoms with E-state index in [2.05, 4.69) is 24.8 Å². The number of amides is 1. The van der Waals surface area contributed by atoms with Crippen molar-refractivity contribution in [2.75, 3.05) is 25.0 Å². The molecule has 3 rings (SSSR count). The molecule has 0 aliphatic carbocycles. The van der Waals surface area contributed by atoms with Crippen LogP contribution in [0.1, 0.15) is 0 Å². The van der Waals surface area contributed by atoms with Crippen molar-refractivity contribution in [2.24, 2.45) is 12.8 Å². The quantitative estimate of drug-likeness (QED) is 0.211. The predicted octanol–water partition coefficient (Wildman–Crippen LogP) is -0.851. The summed E-state index contributed by atoms with van der Waals surface area (Å²) in [6.45, 7) is 0. The topological polar surface area (TPSA) is 125 Å². The van der Waals surface area contributed by atoms with Crippen molar-refractivity contribution in [3.63, 3.8) is 0 Å². The van der Waals surface area contributed by atoms with Gasteiger partial charge in [0, 0.05) is 25.7 Å². The Bertz CT molecular complexity index is 743. The van der Waals surface area contributed by atoms with E-state index in [9.17, 15) is 9.59 Å². The Morgan fingerprint density at radius 2 is 2.36 bits per heavy atom. The molecule has 136 valence electrons. The molecule has 13 heteroatoms. The maximum Gasteiger partial charge on any atom is 0.355 e. The molecule has 0 aromatic carbocycles. The van der Waals surface area contributed by atoms with Crippen LogP contribution in [-0.4, -0.2) is 73.0 Å². The van der Waals surface area contributed by atoms with E-state index in [1.54, 1.807) is 7.05 Å². The SMILES string of the molecule is CO[C@@]1(N)C(=O)N2C(C(=O)OCP)=C(CSc3nnnn3C)CSC21. The largest absolute Gasteiger partial charge is 0.457 e. The molecule has 2 aliphatic heterocycles. The van der Waals surface area contributed by atoms with E-state index in [0.29, 0.717) is 16.7 Å². The molecule has 3 heterocycles. The number of aryl methyl sites for hydroxylation is 1. The van der Waals surface area contributed by atoms with Crippen LogP contribution >= 0.6 is 32.8 Å². The van der Waals surface area contributed by atoms with Crippen molar-refractivity contribution in [3.05, 3.63) is 11.3 Å².